The van der Waals surface area contributed by atoms with Crippen molar-refractivity contribution in [2.45, 2.75) is 13.8 Å². The van der Waals surface area contributed by atoms with E-state index >= 15 is 0 Å². The van der Waals surface area contributed by atoms with Gasteiger partial charge in [0, 0.05) is 27.9 Å². The molecular formula is C11H13N5O3. The second kappa shape index (κ2) is 5.30. The van der Waals surface area contributed by atoms with Gasteiger partial charge in [-0.1, -0.05) is 0 Å². The summed E-state index contributed by atoms with van der Waals surface area (Å²) in [6.07, 6.45) is 1.18. The van der Waals surface area contributed by atoms with E-state index in [9.17, 15) is 14.4 Å². The van der Waals surface area contributed by atoms with Crippen LogP contribution in [0.5, 0.6) is 0 Å². The maximum Gasteiger partial charge on any atom is 0.344 e. The Hall–Kier alpha value is -2.69. The van der Waals surface area contributed by atoms with E-state index in [-0.39, 0.29) is 11.4 Å². The summed E-state index contributed by atoms with van der Waals surface area (Å²) in [7, 11) is 3.03. The van der Waals surface area contributed by atoms with Crippen LogP contribution in [0.1, 0.15) is 19.4 Å². The van der Waals surface area contributed by atoms with Crippen LogP contribution in [-0.2, 0) is 9.59 Å². The van der Waals surface area contributed by atoms with Crippen LogP contribution in [0.4, 0.5) is 10.6 Å². The highest BCUT2D eigenvalue weighted by molar-refractivity contribution is 6.13. The van der Waals surface area contributed by atoms with E-state index < -0.39 is 17.8 Å². The lowest BCUT2D eigenvalue weighted by molar-refractivity contribution is -0.124. The molecule has 0 N–H and O–H groups in total. The third-order valence-corrected chi connectivity index (χ3v) is 2.24. The van der Waals surface area contributed by atoms with Gasteiger partial charge in [0.15, 0.2) is 5.82 Å². The van der Waals surface area contributed by atoms with Crippen molar-refractivity contribution in [3.63, 3.8) is 0 Å². The third kappa shape index (κ3) is 2.77. The van der Waals surface area contributed by atoms with E-state index in [2.05, 4.69) is 5.10 Å². The summed E-state index contributed by atoms with van der Waals surface area (Å²) in [5.41, 5.74) is -0.0272. The van der Waals surface area contributed by atoms with Gasteiger partial charge in [-0.25, -0.2) is 9.69 Å². The standard InChI is InChI=1S/C11H13N5O3/c1-7(17)16(8(2)18)10-9(5-12)6-15(13-10)11(19)14(3)4/h6H,1-4H3. The van der Waals surface area contributed by atoms with Gasteiger partial charge in [-0.2, -0.15) is 9.94 Å². The number of aromatic nitrogens is 2. The number of hydrogen-bond acceptors (Lipinski definition) is 5. The molecule has 0 saturated carbocycles. The monoisotopic (exact) mass is 263 g/mol. The minimum absolute atomic E-state index is 0.0272. The summed E-state index contributed by atoms with van der Waals surface area (Å²) in [5.74, 6) is -1.30. The summed E-state index contributed by atoms with van der Waals surface area (Å²) >= 11 is 0. The Morgan fingerprint density at radius 3 is 2.16 bits per heavy atom. The van der Waals surface area contributed by atoms with Crippen LogP contribution in [0.15, 0.2) is 6.20 Å². The van der Waals surface area contributed by atoms with Gasteiger partial charge >= 0.3 is 6.03 Å². The largest absolute Gasteiger partial charge is 0.344 e. The fraction of sp³-hybridized carbons (Fsp3) is 0.364. The highest BCUT2D eigenvalue weighted by Crippen LogP contribution is 2.18. The Bertz CT molecular complexity index is 568. The Morgan fingerprint density at radius 1 is 1.26 bits per heavy atom. The molecule has 100 valence electrons. The first-order chi connectivity index (χ1) is 8.79. The second-order valence-corrected chi connectivity index (χ2v) is 3.97. The van der Waals surface area contributed by atoms with Crippen LogP contribution in [-0.4, -0.2) is 46.6 Å². The Balaban J connectivity index is 3.36. The van der Waals surface area contributed by atoms with Crippen molar-refractivity contribution in [1.82, 2.24) is 14.7 Å². The lowest BCUT2D eigenvalue weighted by Gasteiger charge is -2.14. The fourth-order valence-electron chi connectivity index (χ4n) is 1.43. The first kappa shape index (κ1) is 14.4. The van der Waals surface area contributed by atoms with Crippen molar-refractivity contribution < 1.29 is 14.4 Å². The third-order valence-electron chi connectivity index (χ3n) is 2.24. The molecular weight excluding hydrogens is 250 g/mol. The molecule has 0 atom stereocenters. The second-order valence-electron chi connectivity index (χ2n) is 3.97. The van der Waals surface area contributed by atoms with E-state index in [0.29, 0.717) is 0 Å². The molecule has 0 radical (unpaired) electrons. The van der Waals surface area contributed by atoms with Gasteiger partial charge in [0.2, 0.25) is 11.8 Å². The molecule has 1 rings (SSSR count). The molecule has 8 heteroatoms. The Kier molecular flexibility index (Phi) is 4.01. The molecule has 0 spiro atoms. The number of carbonyl (C=O) groups is 3. The molecule has 1 aromatic heterocycles. The molecule has 1 heterocycles. The smallest absolute Gasteiger partial charge is 0.329 e. The number of hydrogen-bond donors (Lipinski definition) is 0. The van der Waals surface area contributed by atoms with Crippen molar-refractivity contribution in [2.75, 3.05) is 19.0 Å². The van der Waals surface area contributed by atoms with E-state index in [0.717, 1.165) is 9.58 Å². The molecule has 0 aliphatic carbocycles. The van der Waals surface area contributed by atoms with Crippen LogP contribution in [0.2, 0.25) is 0 Å². The van der Waals surface area contributed by atoms with Crippen LogP contribution in [0.25, 0.3) is 0 Å². The minimum Gasteiger partial charge on any atom is -0.329 e. The number of rotatable bonds is 1. The molecule has 0 aromatic carbocycles. The fourth-order valence-corrected chi connectivity index (χ4v) is 1.43. The summed E-state index contributed by atoms with van der Waals surface area (Å²) in [6, 6.07) is 1.31. The molecule has 0 bridgehead atoms. The number of amides is 3. The zero-order valence-corrected chi connectivity index (χ0v) is 11.0. The normalized spacial score (nSPS) is 9.63. The van der Waals surface area contributed by atoms with Gasteiger partial charge in [-0.3, -0.25) is 9.59 Å². The maximum atomic E-state index is 11.7. The van der Waals surface area contributed by atoms with Gasteiger partial charge in [-0.15, -0.1) is 5.10 Å². The molecule has 19 heavy (non-hydrogen) atoms. The molecule has 3 amide bonds. The lowest BCUT2D eigenvalue weighted by atomic mass is 10.3. The highest BCUT2D eigenvalue weighted by atomic mass is 16.2. The van der Waals surface area contributed by atoms with Gasteiger partial charge in [0.25, 0.3) is 0 Å². The van der Waals surface area contributed by atoms with Gasteiger partial charge < -0.3 is 4.90 Å². The van der Waals surface area contributed by atoms with E-state index in [4.69, 9.17) is 5.26 Å². The van der Waals surface area contributed by atoms with E-state index in [1.807, 2.05) is 0 Å². The molecule has 1 aromatic rings. The number of nitriles is 1. The Labute approximate surface area is 109 Å². The molecule has 0 fully saturated rings. The zero-order chi connectivity index (χ0) is 14.7. The average molecular weight is 263 g/mol. The van der Waals surface area contributed by atoms with Crippen molar-refractivity contribution in [1.29, 1.82) is 5.26 Å². The highest BCUT2D eigenvalue weighted by Gasteiger charge is 2.25. The molecule has 0 aliphatic rings. The van der Waals surface area contributed by atoms with E-state index in [1.165, 1.54) is 39.0 Å². The zero-order valence-electron chi connectivity index (χ0n) is 11.0. The number of nitrogens with zero attached hydrogens (tertiary/aromatic N) is 5. The van der Waals surface area contributed by atoms with Gasteiger partial charge in [0.1, 0.15) is 11.6 Å². The summed E-state index contributed by atoms with van der Waals surface area (Å²) in [4.78, 5) is 36.6. The van der Waals surface area contributed by atoms with Crippen LogP contribution < -0.4 is 4.90 Å². The molecule has 8 nitrogen and oxygen atoms in total. The average Bonchev–Trinajstić information content (AvgIpc) is 2.70. The molecule has 0 unspecified atom stereocenters. The first-order valence-electron chi connectivity index (χ1n) is 5.32. The van der Waals surface area contributed by atoms with Crippen molar-refractivity contribution in [3.05, 3.63) is 11.8 Å². The first-order valence-corrected chi connectivity index (χ1v) is 5.32. The van der Waals surface area contributed by atoms with Crippen molar-refractivity contribution in [2.24, 2.45) is 0 Å². The number of imide groups is 1. The predicted molar refractivity (Wildman–Crippen MR) is 65.3 cm³/mol. The summed E-state index contributed by atoms with van der Waals surface area (Å²) in [5, 5.41) is 12.8. The van der Waals surface area contributed by atoms with Crippen LogP contribution in [0.3, 0.4) is 0 Å². The van der Waals surface area contributed by atoms with Gasteiger partial charge in [0.05, 0.1) is 6.20 Å². The maximum absolute atomic E-state index is 11.7. The quantitative estimate of drug-likeness (QED) is 0.719. The molecule has 0 aliphatic heterocycles. The van der Waals surface area contributed by atoms with Gasteiger partial charge in [-0.05, 0) is 0 Å². The van der Waals surface area contributed by atoms with Crippen LogP contribution >= 0.6 is 0 Å². The van der Waals surface area contributed by atoms with Crippen LogP contribution in [0, 0.1) is 11.3 Å². The predicted octanol–water partition coefficient (Wildman–Crippen LogP) is 0.184. The molecule has 0 saturated heterocycles. The topological polar surface area (TPSA) is 99.3 Å². The SMILES string of the molecule is CC(=O)N(C(C)=O)c1nn(C(=O)N(C)C)cc1C#N. The summed E-state index contributed by atoms with van der Waals surface area (Å²) in [6.45, 7) is 2.35. The van der Waals surface area contributed by atoms with Crippen molar-refractivity contribution >= 4 is 23.7 Å². The minimum atomic E-state index is -0.577. The lowest BCUT2D eigenvalue weighted by Crippen LogP contribution is -2.34. The number of anilines is 1. The van der Waals surface area contributed by atoms with Crippen molar-refractivity contribution in [3.8, 4) is 6.07 Å². The Morgan fingerprint density at radius 2 is 1.79 bits per heavy atom. The summed E-state index contributed by atoms with van der Waals surface area (Å²) < 4.78 is 0.909. The van der Waals surface area contributed by atoms with E-state index in [1.54, 1.807) is 6.07 Å². The number of carbonyl (C=O) groups excluding carboxylic acids is 3.